The summed E-state index contributed by atoms with van der Waals surface area (Å²) < 4.78 is 23.6. The average molecular weight is 1800 g/mol. The van der Waals surface area contributed by atoms with Crippen LogP contribution in [0.3, 0.4) is 0 Å². The largest absolute Gasteiger partial charge is 0.310 e. The molecule has 6 heterocycles. The quantitative estimate of drug-likeness (QED) is 0.109. The standard InChI is InChI=1S/C68H44N4.C64H41FN4/c1-3-18-48(19-4-1)70-63-27-13-10-23-56(63)60-43-52(36-40-65(60)70)69(53-37-41-66-61(44-53)57-24-11-14-28-64(57)72(66)51-35-30-45-16-7-8-17-47(45)42-51)50-33-31-46(32-34-50)54-38-39-59-55-22-9-12-26-62(55)71(49-20-5-2-6-21-49)67-29-15-25-58(54)68(59)67;65-43-28-32-47(33-29-43)68-60-24-12-9-20-53(60)57-41-49(35-39-62(57)68)66(48-34-38-61-56(40-48)52-19-8-11-23-59(52)67(61)44-14-3-1-4-15-44)46-30-26-42(27-31-46)50-36-37-55-51-18-7-10-22-58(51)69(45-16-5-2-6-17-45)63-25-13-21-54(50)64(55)63/h1-44H;1-41H. The first-order chi connectivity index (χ1) is 69.9. The third kappa shape index (κ3) is 13.0. The summed E-state index contributed by atoms with van der Waals surface area (Å²) in [7, 11) is 0. The first-order valence-electron chi connectivity index (χ1n) is 48.2. The van der Waals surface area contributed by atoms with E-state index in [4.69, 9.17) is 0 Å². The van der Waals surface area contributed by atoms with E-state index in [0.29, 0.717) is 0 Å². The molecule has 0 bridgehead atoms. The fraction of sp³-hybridized carbons (Fsp3) is 0. The Morgan fingerprint density at radius 1 is 0.156 bits per heavy atom. The maximum atomic E-state index is 14.2. The molecule has 0 spiro atoms. The summed E-state index contributed by atoms with van der Waals surface area (Å²) in [6.45, 7) is 0. The Bertz CT molecular complexity index is 9700. The van der Waals surface area contributed by atoms with Crippen LogP contribution in [0.1, 0.15) is 0 Å². The fourth-order valence-electron chi connectivity index (χ4n) is 22.9. The summed E-state index contributed by atoms with van der Waals surface area (Å²) >= 11 is 0. The summed E-state index contributed by atoms with van der Waals surface area (Å²) in [5.41, 5.74) is 36.6. The number of anilines is 12. The van der Waals surface area contributed by atoms with Crippen LogP contribution in [0.5, 0.6) is 0 Å². The molecule has 27 aromatic rings. The van der Waals surface area contributed by atoms with Crippen molar-refractivity contribution in [3.05, 3.63) is 521 Å². The molecule has 0 fully saturated rings. The van der Waals surface area contributed by atoms with E-state index in [1.165, 1.54) is 166 Å². The Kier molecular flexibility index (Phi) is 18.7. The van der Waals surface area contributed by atoms with Gasteiger partial charge < -0.3 is 37.9 Å². The molecule has 0 atom stereocenters. The second-order valence-electron chi connectivity index (χ2n) is 36.8. The van der Waals surface area contributed by atoms with Crippen LogP contribution in [0.2, 0.25) is 0 Å². The number of aromatic nitrogens is 4. The SMILES string of the molecule is Fc1ccc(-n2c3ccccc3c3cc(N(c4ccc(-c5ccc6c7c(cccc57)N(c5ccccc5)c5ccccc5-6)cc4)c4ccc5c(c4)c4ccccc4n5-c4ccccc4)ccc32)cc1.c1ccc(N2c3ccccc3-c3ccc(-c4ccc(N(c5ccc6c(c5)c5ccccc5n6-c5ccccc5)c5ccc6c(c5)c5ccccc5n6-c5ccc6ccccc6c5)cc4)c4cccc2c34)cc1. The van der Waals surface area contributed by atoms with Crippen molar-refractivity contribution >= 4 is 188 Å². The first kappa shape index (κ1) is 80.6. The zero-order valence-corrected chi connectivity index (χ0v) is 76.5. The molecule has 0 amide bonds. The lowest BCUT2D eigenvalue weighted by Gasteiger charge is -2.34. The Morgan fingerprint density at radius 3 is 0.830 bits per heavy atom. The van der Waals surface area contributed by atoms with Crippen LogP contribution in [-0.2, 0) is 0 Å². The van der Waals surface area contributed by atoms with Crippen LogP contribution in [0.15, 0.2) is 516 Å². The minimum atomic E-state index is -0.253. The monoisotopic (exact) mass is 1800 g/mol. The molecule has 141 heavy (non-hydrogen) atoms. The van der Waals surface area contributed by atoms with Crippen molar-refractivity contribution in [3.63, 3.8) is 0 Å². The Morgan fingerprint density at radius 2 is 0.440 bits per heavy atom. The van der Waals surface area contributed by atoms with Gasteiger partial charge in [0.05, 0.1) is 66.9 Å². The number of benzene rings is 23. The molecule has 9 heteroatoms. The molecular formula is C132H85FN8. The van der Waals surface area contributed by atoms with Gasteiger partial charge in [-0.3, -0.25) is 0 Å². The molecule has 4 aromatic heterocycles. The lowest BCUT2D eigenvalue weighted by molar-refractivity contribution is 0.627. The lowest BCUT2D eigenvalue weighted by Crippen LogP contribution is -2.14. The molecule has 0 unspecified atom stereocenters. The maximum absolute atomic E-state index is 14.2. The minimum Gasteiger partial charge on any atom is -0.310 e. The fourth-order valence-corrected chi connectivity index (χ4v) is 22.9. The van der Waals surface area contributed by atoms with Crippen molar-refractivity contribution in [2.75, 3.05) is 19.6 Å². The van der Waals surface area contributed by atoms with E-state index in [-0.39, 0.29) is 5.82 Å². The predicted molar refractivity (Wildman–Crippen MR) is 590 cm³/mol. The number of halogens is 1. The van der Waals surface area contributed by atoms with Crippen LogP contribution in [-0.4, -0.2) is 18.3 Å². The summed E-state index contributed by atoms with van der Waals surface area (Å²) in [5.74, 6) is -0.253. The molecule has 660 valence electrons. The van der Waals surface area contributed by atoms with Crippen LogP contribution in [0, 0.1) is 5.82 Å². The van der Waals surface area contributed by atoms with Crippen molar-refractivity contribution < 1.29 is 4.39 Å². The van der Waals surface area contributed by atoms with E-state index in [1.807, 2.05) is 12.1 Å². The smallest absolute Gasteiger partial charge is 0.123 e. The lowest BCUT2D eigenvalue weighted by atomic mass is 9.87. The number of para-hydroxylation sites is 10. The van der Waals surface area contributed by atoms with E-state index < -0.39 is 0 Å². The molecule has 2 aliphatic heterocycles. The van der Waals surface area contributed by atoms with Gasteiger partial charge in [-0.25, -0.2) is 4.39 Å². The molecule has 0 saturated heterocycles. The zero-order chi connectivity index (χ0) is 92.9. The number of nitrogens with zero attached hydrogens (tertiary/aromatic N) is 8. The van der Waals surface area contributed by atoms with Crippen LogP contribution in [0.4, 0.5) is 72.6 Å². The molecule has 23 aromatic carbocycles. The van der Waals surface area contributed by atoms with Gasteiger partial charge in [0, 0.05) is 133 Å². The molecule has 0 radical (unpaired) electrons. The molecule has 0 aliphatic carbocycles. The highest BCUT2D eigenvalue weighted by molar-refractivity contribution is 6.21. The maximum Gasteiger partial charge on any atom is 0.123 e. The van der Waals surface area contributed by atoms with Crippen LogP contribution >= 0.6 is 0 Å². The van der Waals surface area contributed by atoms with Gasteiger partial charge in [0.2, 0.25) is 0 Å². The molecule has 29 rings (SSSR count). The predicted octanol–water partition coefficient (Wildman–Crippen LogP) is 36.5. The summed E-state index contributed by atoms with van der Waals surface area (Å²) in [4.78, 5) is 9.64. The number of hydrogen-bond donors (Lipinski definition) is 0. The third-order valence-corrected chi connectivity index (χ3v) is 29.1. The van der Waals surface area contributed by atoms with E-state index in [2.05, 4.69) is 529 Å². The van der Waals surface area contributed by atoms with Gasteiger partial charge in [-0.1, -0.05) is 285 Å². The van der Waals surface area contributed by atoms with Gasteiger partial charge in [0.25, 0.3) is 0 Å². The van der Waals surface area contributed by atoms with Crippen molar-refractivity contribution in [1.29, 1.82) is 0 Å². The van der Waals surface area contributed by atoms with E-state index >= 15 is 0 Å². The highest BCUT2D eigenvalue weighted by Crippen LogP contribution is 2.56. The van der Waals surface area contributed by atoms with Gasteiger partial charge >= 0.3 is 0 Å². The Hall–Kier alpha value is -18.8. The van der Waals surface area contributed by atoms with Crippen molar-refractivity contribution in [2.24, 2.45) is 0 Å². The molecule has 0 N–H and O–H groups in total. The molecule has 0 saturated carbocycles. The topological polar surface area (TPSA) is 32.7 Å². The summed E-state index contributed by atoms with van der Waals surface area (Å²) in [5, 5.41) is 16.9. The van der Waals surface area contributed by atoms with Gasteiger partial charge in [-0.2, -0.15) is 0 Å². The number of hydrogen-bond acceptors (Lipinski definition) is 4. The first-order valence-corrected chi connectivity index (χ1v) is 48.2. The van der Waals surface area contributed by atoms with Gasteiger partial charge in [0.1, 0.15) is 5.82 Å². The minimum absolute atomic E-state index is 0.253. The number of fused-ring (bicyclic) bond motifs is 17. The summed E-state index contributed by atoms with van der Waals surface area (Å²) in [6.07, 6.45) is 0. The Labute approximate surface area is 813 Å². The van der Waals surface area contributed by atoms with Crippen LogP contribution < -0.4 is 19.6 Å². The zero-order valence-electron chi connectivity index (χ0n) is 76.5. The van der Waals surface area contributed by atoms with Gasteiger partial charge in [-0.15, -0.1) is 0 Å². The van der Waals surface area contributed by atoms with Crippen molar-refractivity contribution in [1.82, 2.24) is 18.3 Å². The second kappa shape index (κ2) is 32.7. The van der Waals surface area contributed by atoms with Crippen LogP contribution in [0.25, 0.3) is 187 Å². The molecular weight excluding hydrogens is 1720 g/mol. The van der Waals surface area contributed by atoms with Crippen molar-refractivity contribution in [3.8, 4) is 67.3 Å². The normalized spacial score (nSPS) is 12.1. The molecule has 2 aliphatic rings. The highest BCUT2D eigenvalue weighted by Gasteiger charge is 2.32. The summed E-state index contributed by atoms with van der Waals surface area (Å²) in [6, 6.07) is 186. The van der Waals surface area contributed by atoms with Crippen molar-refractivity contribution in [2.45, 2.75) is 0 Å². The average Bonchev–Trinajstić information content (AvgIpc) is 1.72. The Balaban J connectivity index is 0.000000138. The molecule has 8 nitrogen and oxygen atoms in total. The van der Waals surface area contributed by atoms with E-state index in [9.17, 15) is 4.39 Å². The highest BCUT2D eigenvalue weighted by atomic mass is 19.1. The number of rotatable bonds is 14. The second-order valence-corrected chi connectivity index (χ2v) is 36.8. The van der Waals surface area contributed by atoms with E-state index in [1.54, 1.807) is 0 Å². The third-order valence-electron chi connectivity index (χ3n) is 29.1. The van der Waals surface area contributed by atoms with Gasteiger partial charge in [-0.05, 0) is 285 Å². The van der Waals surface area contributed by atoms with E-state index in [0.717, 1.165) is 101 Å². The van der Waals surface area contributed by atoms with Gasteiger partial charge in [0.15, 0.2) is 0 Å².